The molecule has 2 aromatic rings. The van der Waals surface area contributed by atoms with Crippen LogP contribution in [0, 0.1) is 17.7 Å². The minimum atomic E-state index is -0.421. The van der Waals surface area contributed by atoms with Crippen LogP contribution in [-0.4, -0.2) is 42.1 Å². The highest BCUT2D eigenvalue weighted by Gasteiger charge is 2.42. The molecule has 7 heteroatoms. The third kappa shape index (κ3) is 3.26. The number of nitrogens with one attached hydrogen (secondary N) is 1. The van der Waals surface area contributed by atoms with Crippen LogP contribution in [0.2, 0.25) is 5.02 Å². The van der Waals surface area contributed by atoms with Crippen LogP contribution in [0.15, 0.2) is 42.6 Å². The van der Waals surface area contributed by atoms with Gasteiger partial charge < -0.3 is 15.1 Å². The molecule has 2 amide bonds. The summed E-state index contributed by atoms with van der Waals surface area (Å²) in [5, 5.41) is 3.29. The Labute approximate surface area is 150 Å². The summed E-state index contributed by atoms with van der Waals surface area (Å²) in [6.07, 6.45) is 1.65. The van der Waals surface area contributed by atoms with Gasteiger partial charge in [-0.15, -0.1) is 0 Å². The van der Waals surface area contributed by atoms with Gasteiger partial charge in [0.05, 0.1) is 10.7 Å². The Kier molecular flexibility index (Phi) is 4.21. The first kappa shape index (κ1) is 16.1. The zero-order chi connectivity index (χ0) is 17.4. The van der Waals surface area contributed by atoms with Crippen molar-refractivity contribution in [3.63, 3.8) is 0 Å². The molecule has 0 saturated carbocycles. The summed E-state index contributed by atoms with van der Waals surface area (Å²) in [6, 6.07) is 9.73. The molecule has 1 N–H and O–H groups in total. The molecule has 2 unspecified atom stereocenters. The number of rotatable bonds is 2. The highest BCUT2D eigenvalue weighted by molar-refractivity contribution is 6.30. The van der Waals surface area contributed by atoms with E-state index in [1.54, 1.807) is 29.3 Å². The largest absolute Gasteiger partial charge is 0.356 e. The van der Waals surface area contributed by atoms with E-state index in [0.29, 0.717) is 29.9 Å². The van der Waals surface area contributed by atoms with Crippen LogP contribution >= 0.6 is 11.6 Å². The number of fused-ring (bicyclic) bond motifs is 1. The van der Waals surface area contributed by atoms with E-state index < -0.39 is 5.82 Å². The van der Waals surface area contributed by atoms with E-state index in [9.17, 15) is 9.18 Å². The van der Waals surface area contributed by atoms with Crippen molar-refractivity contribution < 1.29 is 9.18 Å². The molecule has 2 atom stereocenters. The van der Waals surface area contributed by atoms with Gasteiger partial charge in [0.25, 0.3) is 0 Å². The van der Waals surface area contributed by atoms with Crippen molar-refractivity contribution >= 4 is 29.1 Å². The normalized spacial score (nSPS) is 22.2. The van der Waals surface area contributed by atoms with Crippen LogP contribution in [0.3, 0.4) is 0 Å². The lowest BCUT2D eigenvalue weighted by atomic mass is 10.0. The van der Waals surface area contributed by atoms with Gasteiger partial charge in [-0.2, -0.15) is 0 Å². The first-order chi connectivity index (χ1) is 12.1. The maximum atomic E-state index is 13.7. The van der Waals surface area contributed by atoms with Crippen LogP contribution in [0.25, 0.3) is 0 Å². The van der Waals surface area contributed by atoms with Gasteiger partial charge in [0.1, 0.15) is 11.6 Å². The lowest BCUT2D eigenvalue weighted by molar-refractivity contribution is 0.219. The fourth-order valence-corrected chi connectivity index (χ4v) is 3.77. The first-order valence-electron chi connectivity index (χ1n) is 8.27. The van der Waals surface area contributed by atoms with E-state index >= 15 is 0 Å². The molecule has 130 valence electrons. The monoisotopic (exact) mass is 360 g/mol. The Bertz CT molecular complexity index is 771. The van der Waals surface area contributed by atoms with Gasteiger partial charge in [-0.25, -0.2) is 14.2 Å². The van der Waals surface area contributed by atoms with Gasteiger partial charge in [0.2, 0.25) is 0 Å². The fraction of sp³-hybridized carbons (Fsp3) is 0.333. The van der Waals surface area contributed by atoms with Gasteiger partial charge in [-0.3, -0.25) is 0 Å². The molecule has 25 heavy (non-hydrogen) atoms. The summed E-state index contributed by atoms with van der Waals surface area (Å²) in [6.45, 7) is 3.08. The highest BCUT2D eigenvalue weighted by atomic mass is 35.5. The van der Waals surface area contributed by atoms with Gasteiger partial charge in [-0.05, 0) is 24.3 Å². The topological polar surface area (TPSA) is 48.5 Å². The summed E-state index contributed by atoms with van der Waals surface area (Å²) in [5.41, 5.74) is 0.219. The minimum Gasteiger partial charge on any atom is -0.356 e. The zero-order valence-corrected chi connectivity index (χ0v) is 14.3. The summed E-state index contributed by atoms with van der Waals surface area (Å²) in [5.74, 6) is 1.31. The molecule has 5 nitrogen and oxygen atoms in total. The summed E-state index contributed by atoms with van der Waals surface area (Å²) in [7, 11) is 0. The van der Waals surface area contributed by atoms with E-state index in [4.69, 9.17) is 11.6 Å². The number of pyridine rings is 1. The number of benzene rings is 1. The van der Waals surface area contributed by atoms with Crippen LogP contribution in [0.1, 0.15) is 0 Å². The van der Waals surface area contributed by atoms with Gasteiger partial charge in [-0.1, -0.05) is 23.7 Å². The van der Waals surface area contributed by atoms with Crippen LogP contribution in [-0.2, 0) is 0 Å². The molecular formula is C18H18ClFN4O. The van der Waals surface area contributed by atoms with Crippen LogP contribution in [0.4, 0.5) is 20.7 Å². The average Bonchev–Trinajstić information content (AvgIpc) is 3.16. The third-order valence-electron chi connectivity index (χ3n) is 4.92. The Hall–Kier alpha value is -2.34. The van der Waals surface area contributed by atoms with Crippen molar-refractivity contribution in [3.8, 4) is 0 Å². The van der Waals surface area contributed by atoms with Crippen molar-refractivity contribution in [2.75, 3.05) is 36.4 Å². The van der Waals surface area contributed by atoms with E-state index in [1.165, 1.54) is 6.07 Å². The molecular weight excluding hydrogens is 343 g/mol. The van der Waals surface area contributed by atoms with E-state index in [0.717, 1.165) is 18.9 Å². The molecule has 0 bridgehead atoms. The standard InChI is InChI=1S/C18H18ClFN4O/c19-14-5-6-17(21-7-14)23-8-12-10-24(11-13(12)9-23)18(25)22-16-4-2-1-3-15(16)20/h1-7,12-13H,8-11H2,(H,22,25). The Balaban J connectivity index is 1.37. The summed E-state index contributed by atoms with van der Waals surface area (Å²) < 4.78 is 13.7. The Morgan fingerprint density at radius 2 is 1.84 bits per heavy atom. The molecule has 4 rings (SSSR count). The summed E-state index contributed by atoms with van der Waals surface area (Å²) in [4.78, 5) is 20.8. The number of carbonyl (C=O) groups is 1. The maximum Gasteiger partial charge on any atom is 0.321 e. The predicted molar refractivity (Wildman–Crippen MR) is 95.4 cm³/mol. The number of anilines is 2. The number of urea groups is 1. The number of hydrogen-bond acceptors (Lipinski definition) is 3. The third-order valence-corrected chi connectivity index (χ3v) is 5.15. The first-order valence-corrected chi connectivity index (χ1v) is 8.65. The number of likely N-dealkylation sites (tertiary alicyclic amines) is 1. The molecule has 2 saturated heterocycles. The van der Waals surface area contributed by atoms with E-state index in [1.807, 2.05) is 12.1 Å². The van der Waals surface area contributed by atoms with E-state index in [2.05, 4.69) is 15.2 Å². The smallest absolute Gasteiger partial charge is 0.321 e. The number of aromatic nitrogens is 1. The minimum absolute atomic E-state index is 0.219. The second kappa shape index (κ2) is 6.52. The zero-order valence-electron chi connectivity index (χ0n) is 13.5. The molecule has 3 heterocycles. The summed E-state index contributed by atoms with van der Waals surface area (Å²) >= 11 is 5.89. The number of carbonyl (C=O) groups excluding carboxylic acids is 1. The molecule has 2 fully saturated rings. The van der Waals surface area contributed by atoms with Crippen molar-refractivity contribution in [2.45, 2.75) is 0 Å². The second-order valence-corrected chi connectivity index (χ2v) is 7.01. The lowest BCUT2D eigenvalue weighted by Crippen LogP contribution is -2.36. The van der Waals surface area contributed by atoms with Crippen LogP contribution in [0.5, 0.6) is 0 Å². The SMILES string of the molecule is O=C(Nc1ccccc1F)N1CC2CN(c3ccc(Cl)cn3)CC2C1. The van der Waals surface area contributed by atoms with Crippen molar-refractivity contribution in [1.29, 1.82) is 0 Å². The van der Waals surface area contributed by atoms with Gasteiger partial charge >= 0.3 is 6.03 Å². The molecule has 0 aliphatic carbocycles. The molecule has 0 radical (unpaired) electrons. The van der Waals surface area contributed by atoms with Crippen molar-refractivity contribution in [2.24, 2.45) is 11.8 Å². The molecule has 2 aliphatic heterocycles. The number of halogens is 2. The Morgan fingerprint density at radius 3 is 2.48 bits per heavy atom. The van der Waals surface area contributed by atoms with Gasteiger partial charge in [0, 0.05) is 44.2 Å². The lowest BCUT2D eigenvalue weighted by Gasteiger charge is -2.22. The van der Waals surface area contributed by atoms with Crippen LogP contribution < -0.4 is 10.2 Å². The highest BCUT2D eigenvalue weighted by Crippen LogP contribution is 2.33. The molecule has 1 aromatic heterocycles. The van der Waals surface area contributed by atoms with Crippen molar-refractivity contribution in [1.82, 2.24) is 9.88 Å². The molecule has 0 spiro atoms. The maximum absolute atomic E-state index is 13.7. The van der Waals surface area contributed by atoms with Crippen molar-refractivity contribution in [3.05, 3.63) is 53.4 Å². The predicted octanol–water partition coefficient (Wildman–Crippen LogP) is 3.47. The molecule has 2 aliphatic rings. The number of nitrogens with zero attached hydrogens (tertiary/aromatic N) is 3. The number of para-hydroxylation sites is 1. The van der Waals surface area contributed by atoms with Gasteiger partial charge in [0.15, 0.2) is 0 Å². The fourth-order valence-electron chi connectivity index (χ4n) is 3.66. The number of amides is 2. The molecule has 1 aromatic carbocycles. The second-order valence-electron chi connectivity index (χ2n) is 6.57. The Morgan fingerprint density at radius 1 is 1.12 bits per heavy atom. The average molecular weight is 361 g/mol. The quantitative estimate of drug-likeness (QED) is 0.892. The van der Waals surface area contributed by atoms with E-state index in [-0.39, 0.29) is 11.7 Å². The number of hydrogen-bond donors (Lipinski definition) is 1.